The van der Waals surface area contributed by atoms with Crippen molar-refractivity contribution in [2.24, 2.45) is 5.41 Å². The zero-order valence-corrected chi connectivity index (χ0v) is 11.4. The third-order valence-electron chi connectivity index (χ3n) is 4.09. The Kier molecular flexibility index (Phi) is 3.91. The Morgan fingerprint density at radius 3 is 2.61 bits per heavy atom. The average Bonchev–Trinajstić information content (AvgIpc) is 2.34. The van der Waals surface area contributed by atoms with Crippen molar-refractivity contribution in [1.29, 1.82) is 5.26 Å². The number of hydrogen-bond acceptors (Lipinski definition) is 2. The van der Waals surface area contributed by atoms with E-state index in [0.717, 1.165) is 5.56 Å². The molecule has 1 aliphatic rings. The Labute approximate surface area is 110 Å². The summed E-state index contributed by atoms with van der Waals surface area (Å²) < 4.78 is 0. The second-order valence-electron chi connectivity index (χ2n) is 5.96. The van der Waals surface area contributed by atoms with Crippen molar-refractivity contribution in [2.45, 2.75) is 52.0 Å². The van der Waals surface area contributed by atoms with Crippen molar-refractivity contribution in [3.63, 3.8) is 0 Å². The number of anilines is 1. The maximum absolute atomic E-state index is 8.65. The normalized spacial score (nSPS) is 22.2. The van der Waals surface area contributed by atoms with Crippen molar-refractivity contribution in [1.82, 2.24) is 0 Å². The highest BCUT2D eigenvalue weighted by Crippen LogP contribution is 2.37. The van der Waals surface area contributed by atoms with Gasteiger partial charge in [-0.3, -0.25) is 0 Å². The number of rotatable bonds is 3. The van der Waals surface area contributed by atoms with Crippen molar-refractivity contribution in [3.05, 3.63) is 29.8 Å². The molecule has 1 N–H and O–H groups in total. The van der Waals surface area contributed by atoms with Crippen LogP contribution in [-0.4, -0.2) is 6.04 Å². The van der Waals surface area contributed by atoms with Gasteiger partial charge >= 0.3 is 0 Å². The number of benzene rings is 1. The van der Waals surface area contributed by atoms with Gasteiger partial charge in [0.2, 0.25) is 0 Å². The molecule has 0 saturated heterocycles. The molecule has 1 aromatic carbocycles. The Morgan fingerprint density at radius 1 is 1.28 bits per heavy atom. The molecular weight excluding hydrogens is 220 g/mol. The van der Waals surface area contributed by atoms with Crippen LogP contribution in [0.3, 0.4) is 0 Å². The van der Waals surface area contributed by atoms with Crippen molar-refractivity contribution >= 4 is 5.69 Å². The molecule has 0 radical (unpaired) electrons. The van der Waals surface area contributed by atoms with Crippen molar-refractivity contribution < 1.29 is 0 Å². The van der Waals surface area contributed by atoms with E-state index in [1.807, 2.05) is 12.1 Å². The number of nitriles is 1. The molecule has 18 heavy (non-hydrogen) atoms. The molecule has 1 unspecified atom stereocenters. The minimum absolute atomic E-state index is 0.379. The molecule has 0 heterocycles. The van der Waals surface area contributed by atoms with E-state index >= 15 is 0 Å². The lowest BCUT2D eigenvalue weighted by atomic mass is 9.73. The Hall–Kier alpha value is -1.49. The van der Waals surface area contributed by atoms with Crippen LogP contribution < -0.4 is 5.32 Å². The van der Waals surface area contributed by atoms with E-state index < -0.39 is 0 Å². The zero-order chi connectivity index (χ0) is 13.0. The summed E-state index contributed by atoms with van der Waals surface area (Å²) in [5.41, 5.74) is 2.64. The quantitative estimate of drug-likeness (QED) is 0.865. The Bertz CT molecular complexity index is 425. The monoisotopic (exact) mass is 242 g/mol. The summed E-state index contributed by atoms with van der Waals surface area (Å²) in [6, 6.07) is 11.0. The van der Waals surface area contributed by atoms with Gasteiger partial charge < -0.3 is 5.32 Å². The third kappa shape index (κ3) is 3.04. The number of nitrogens with one attached hydrogen (secondary N) is 1. The summed E-state index contributed by atoms with van der Waals surface area (Å²) in [5, 5.41) is 12.3. The molecule has 2 heteroatoms. The van der Waals surface area contributed by atoms with Gasteiger partial charge in [0.25, 0.3) is 0 Å². The van der Waals surface area contributed by atoms with Crippen LogP contribution in [0.5, 0.6) is 0 Å². The van der Waals surface area contributed by atoms with Crippen LogP contribution in [0.15, 0.2) is 24.3 Å². The van der Waals surface area contributed by atoms with Crippen molar-refractivity contribution in [3.8, 4) is 6.07 Å². The van der Waals surface area contributed by atoms with E-state index in [0.29, 0.717) is 17.9 Å². The first kappa shape index (κ1) is 13.0. The lowest BCUT2D eigenvalue weighted by molar-refractivity contribution is 0.217. The van der Waals surface area contributed by atoms with Gasteiger partial charge in [0.15, 0.2) is 0 Å². The fourth-order valence-corrected chi connectivity index (χ4v) is 2.77. The summed E-state index contributed by atoms with van der Waals surface area (Å²) in [4.78, 5) is 0. The largest absolute Gasteiger partial charge is 0.382 e. The molecule has 1 saturated carbocycles. The van der Waals surface area contributed by atoms with Gasteiger partial charge in [0, 0.05) is 11.7 Å². The maximum atomic E-state index is 8.65. The topological polar surface area (TPSA) is 35.8 Å². The van der Waals surface area contributed by atoms with Gasteiger partial charge in [-0.05, 0) is 36.0 Å². The summed E-state index contributed by atoms with van der Waals surface area (Å²) in [5.74, 6) is 0. The maximum Gasteiger partial charge on any atom is 0.0669 e. The van der Waals surface area contributed by atoms with E-state index in [1.165, 1.54) is 31.4 Å². The summed E-state index contributed by atoms with van der Waals surface area (Å²) in [6.45, 7) is 4.71. The van der Waals surface area contributed by atoms with Crippen LogP contribution in [0.2, 0.25) is 0 Å². The van der Waals surface area contributed by atoms with Gasteiger partial charge in [-0.2, -0.15) is 5.26 Å². The molecule has 96 valence electrons. The Morgan fingerprint density at radius 2 is 2.00 bits per heavy atom. The van der Waals surface area contributed by atoms with E-state index in [9.17, 15) is 0 Å². The van der Waals surface area contributed by atoms with Gasteiger partial charge in [0.05, 0.1) is 12.5 Å². The summed E-state index contributed by atoms with van der Waals surface area (Å²) >= 11 is 0. The highest BCUT2D eigenvalue weighted by Gasteiger charge is 2.31. The van der Waals surface area contributed by atoms with E-state index in [2.05, 4.69) is 37.4 Å². The molecule has 1 aliphatic carbocycles. The molecule has 0 amide bonds. The summed E-state index contributed by atoms with van der Waals surface area (Å²) in [7, 11) is 0. The Balaban J connectivity index is 2.02. The van der Waals surface area contributed by atoms with Gasteiger partial charge in [-0.25, -0.2) is 0 Å². The molecule has 1 aromatic rings. The average molecular weight is 242 g/mol. The fraction of sp³-hybridized carbons (Fsp3) is 0.562. The predicted molar refractivity (Wildman–Crippen MR) is 75.4 cm³/mol. The highest BCUT2D eigenvalue weighted by atomic mass is 14.9. The molecule has 0 aromatic heterocycles. The van der Waals surface area contributed by atoms with Crippen LogP contribution >= 0.6 is 0 Å². The third-order valence-corrected chi connectivity index (χ3v) is 4.09. The molecular formula is C16H22N2. The van der Waals surface area contributed by atoms with E-state index in [1.54, 1.807) is 0 Å². The van der Waals surface area contributed by atoms with E-state index in [4.69, 9.17) is 5.26 Å². The minimum atomic E-state index is 0.379. The SMILES string of the molecule is CC1(C)CCCCC1Nc1ccc(CC#N)cc1. The minimum Gasteiger partial charge on any atom is -0.382 e. The first-order valence-electron chi connectivity index (χ1n) is 6.84. The first-order chi connectivity index (χ1) is 8.62. The number of hydrogen-bond donors (Lipinski definition) is 1. The van der Waals surface area contributed by atoms with Crippen LogP contribution in [0.1, 0.15) is 45.1 Å². The van der Waals surface area contributed by atoms with Gasteiger partial charge in [-0.1, -0.05) is 38.8 Å². The second kappa shape index (κ2) is 5.44. The van der Waals surface area contributed by atoms with Gasteiger partial charge in [0.1, 0.15) is 0 Å². The molecule has 2 nitrogen and oxygen atoms in total. The molecule has 1 atom stereocenters. The standard InChI is InChI=1S/C16H22N2/c1-16(2)11-4-3-5-15(16)18-14-8-6-13(7-9-14)10-12-17/h6-9,15,18H,3-5,10-11H2,1-2H3. The second-order valence-corrected chi connectivity index (χ2v) is 5.96. The fourth-order valence-electron chi connectivity index (χ4n) is 2.77. The van der Waals surface area contributed by atoms with Crippen LogP contribution in [0.25, 0.3) is 0 Å². The smallest absolute Gasteiger partial charge is 0.0669 e. The van der Waals surface area contributed by atoms with E-state index in [-0.39, 0.29) is 0 Å². The lowest BCUT2D eigenvalue weighted by Gasteiger charge is -2.39. The van der Waals surface area contributed by atoms with Crippen LogP contribution in [0.4, 0.5) is 5.69 Å². The molecule has 0 bridgehead atoms. The zero-order valence-electron chi connectivity index (χ0n) is 11.4. The molecule has 1 fully saturated rings. The van der Waals surface area contributed by atoms with Crippen molar-refractivity contribution in [2.75, 3.05) is 5.32 Å². The first-order valence-corrected chi connectivity index (χ1v) is 6.84. The predicted octanol–water partition coefficient (Wildman–Crippen LogP) is 4.13. The molecule has 0 spiro atoms. The number of nitrogens with zero attached hydrogens (tertiary/aromatic N) is 1. The van der Waals surface area contributed by atoms with Crippen LogP contribution in [0, 0.1) is 16.7 Å². The lowest BCUT2D eigenvalue weighted by Crippen LogP contribution is -2.38. The van der Waals surface area contributed by atoms with Gasteiger partial charge in [-0.15, -0.1) is 0 Å². The summed E-state index contributed by atoms with van der Waals surface area (Å²) in [6.07, 6.45) is 5.74. The highest BCUT2D eigenvalue weighted by molar-refractivity contribution is 5.46. The molecule has 2 rings (SSSR count). The molecule has 0 aliphatic heterocycles. The van der Waals surface area contributed by atoms with Crippen LogP contribution in [-0.2, 0) is 6.42 Å².